The number of carbonyl (C=O) groups is 1. The maximum atomic E-state index is 11.5. The Labute approximate surface area is 180 Å². The van der Waals surface area contributed by atoms with Crippen LogP contribution in [0.5, 0.6) is 0 Å². The predicted octanol–water partition coefficient (Wildman–Crippen LogP) is 1.82. The van der Waals surface area contributed by atoms with Crippen molar-refractivity contribution >= 4 is 11.9 Å². The zero-order valence-corrected chi connectivity index (χ0v) is 18.5. The first-order chi connectivity index (χ1) is 14.5. The van der Waals surface area contributed by atoms with E-state index < -0.39 is 0 Å². The molecule has 1 aromatic carbocycles. The minimum atomic E-state index is -0.174. The monoisotopic (exact) mass is 415 g/mol. The second-order valence-electron chi connectivity index (χ2n) is 8.58. The van der Waals surface area contributed by atoms with Crippen molar-refractivity contribution in [2.75, 3.05) is 46.4 Å². The van der Waals surface area contributed by atoms with Crippen LogP contribution in [0.25, 0.3) is 0 Å². The molecule has 7 heteroatoms. The van der Waals surface area contributed by atoms with E-state index in [1.54, 1.807) is 0 Å². The van der Waals surface area contributed by atoms with Crippen LogP contribution in [0.3, 0.4) is 0 Å². The highest BCUT2D eigenvalue weighted by molar-refractivity contribution is 5.79. The predicted molar refractivity (Wildman–Crippen MR) is 120 cm³/mol. The number of benzene rings is 1. The number of carbonyl (C=O) groups excluding carboxylic acids is 1. The average molecular weight is 416 g/mol. The van der Waals surface area contributed by atoms with Gasteiger partial charge in [-0.1, -0.05) is 24.3 Å². The molecule has 0 radical (unpaired) electrons. The van der Waals surface area contributed by atoms with Crippen LogP contribution in [0, 0.1) is 11.8 Å². The van der Waals surface area contributed by atoms with Gasteiger partial charge in [0.1, 0.15) is 0 Å². The lowest BCUT2D eigenvalue weighted by molar-refractivity contribution is -0.123. The lowest BCUT2D eigenvalue weighted by atomic mass is 9.97. The van der Waals surface area contributed by atoms with Gasteiger partial charge >= 0.3 is 0 Å². The van der Waals surface area contributed by atoms with Crippen molar-refractivity contribution in [1.29, 1.82) is 0 Å². The fourth-order valence-corrected chi connectivity index (χ4v) is 4.35. The van der Waals surface area contributed by atoms with Gasteiger partial charge < -0.3 is 20.7 Å². The topological polar surface area (TPSA) is 83.2 Å². The normalized spacial score (nSPS) is 22.8. The van der Waals surface area contributed by atoms with Gasteiger partial charge in [0.05, 0.1) is 19.1 Å². The highest BCUT2D eigenvalue weighted by Gasteiger charge is 2.24. The van der Waals surface area contributed by atoms with Crippen molar-refractivity contribution in [1.82, 2.24) is 15.1 Å². The lowest BCUT2D eigenvalue weighted by Gasteiger charge is -2.31. The van der Waals surface area contributed by atoms with E-state index in [1.165, 1.54) is 11.1 Å². The lowest BCUT2D eigenvalue weighted by Crippen LogP contribution is -2.41. The molecule has 2 unspecified atom stereocenters. The van der Waals surface area contributed by atoms with Crippen molar-refractivity contribution < 1.29 is 9.53 Å². The number of aliphatic imine (C=N–C) groups is 1. The third-order valence-electron chi connectivity index (χ3n) is 5.97. The van der Waals surface area contributed by atoms with Crippen LogP contribution in [-0.4, -0.2) is 68.1 Å². The first kappa shape index (κ1) is 22.6. The summed E-state index contributed by atoms with van der Waals surface area (Å²) in [5.74, 6) is 1.33. The van der Waals surface area contributed by atoms with Crippen LogP contribution in [-0.2, 0) is 22.6 Å². The minimum Gasteiger partial charge on any atom is -0.381 e. The molecule has 2 aliphatic heterocycles. The molecule has 0 saturated carbocycles. The third kappa shape index (κ3) is 6.71. The van der Waals surface area contributed by atoms with Crippen LogP contribution in [0.2, 0.25) is 0 Å². The van der Waals surface area contributed by atoms with E-state index >= 15 is 0 Å². The van der Waals surface area contributed by atoms with Crippen molar-refractivity contribution in [3.8, 4) is 0 Å². The molecule has 166 valence electrons. The molecule has 7 nitrogen and oxygen atoms in total. The fraction of sp³-hybridized carbons (Fsp3) is 0.652. The molecule has 1 amide bonds. The highest BCUT2D eigenvalue weighted by Crippen LogP contribution is 2.19. The van der Waals surface area contributed by atoms with E-state index in [0.29, 0.717) is 12.5 Å². The highest BCUT2D eigenvalue weighted by atomic mass is 16.5. The summed E-state index contributed by atoms with van der Waals surface area (Å²) in [6.45, 7) is 8.90. The number of amides is 1. The fourth-order valence-electron chi connectivity index (χ4n) is 4.35. The maximum absolute atomic E-state index is 11.5. The minimum absolute atomic E-state index is 0.0185. The molecule has 0 spiro atoms. The van der Waals surface area contributed by atoms with Gasteiger partial charge in [-0.15, -0.1) is 0 Å². The number of piperidine rings is 1. The number of primary amides is 1. The molecular formula is C23H37N5O2. The summed E-state index contributed by atoms with van der Waals surface area (Å²) >= 11 is 0. The van der Waals surface area contributed by atoms with Crippen molar-refractivity contribution in [2.24, 2.45) is 22.6 Å². The first-order valence-corrected chi connectivity index (χ1v) is 11.2. The van der Waals surface area contributed by atoms with E-state index in [9.17, 15) is 4.79 Å². The summed E-state index contributed by atoms with van der Waals surface area (Å²) < 4.78 is 5.51. The van der Waals surface area contributed by atoms with Crippen molar-refractivity contribution in [3.05, 3.63) is 35.4 Å². The van der Waals surface area contributed by atoms with E-state index in [1.807, 2.05) is 0 Å². The van der Waals surface area contributed by atoms with Crippen molar-refractivity contribution in [2.45, 2.75) is 39.3 Å². The Bertz CT molecular complexity index is 717. The smallest absolute Gasteiger partial charge is 0.221 e. The molecule has 2 aliphatic rings. The number of nitrogens with two attached hydrogens (primary N) is 1. The van der Waals surface area contributed by atoms with Gasteiger partial charge in [0.2, 0.25) is 5.91 Å². The SMILES string of the molecule is CCNC(=NCc1cccc(CN2CCCC(C(N)=O)C2)c1)N(C)CC1CCOC1. The Hall–Kier alpha value is -2.12. The molecule has 0 bridgehead atoms. The Morgan fingerprint density at radius 3 is 2.93 bits per heavy atom. The zero-order chi connectivity index (χ0) is 21.3. The number of guanidine groups is 1. The van der Waals surface area contributed by atoms with Gasteiger partial charge in [-0.05, 0) is 43.9 Å². The van der Waals surface area contributed by atoms with Gasteiger partial charge in [0.15, 0.2) is 5.96 Å². The second-order valence-corrected chi connectivity index (χ2v) is 8.58. The number of nitrogens with one attached hydrogen (secondary N) is 1. The first-order valence-electron chi connectivity index (χ1n) is 11.2. The Morgan fingerprint density at radius 2 is 2.20 bits per heavy atom. The largest absolute Gasteiger partial charge is 0.381 e. The van der Waals surface area contributed by atoms with Crippen molar-refractivity contribution in [3.63, 3.8) is 0 Å². The quantitative estimate of drug-likeness (QED) is 0.500. The number of nitrogens with zero attached hydrogens (tertiary/aromatic N) is 3. The van der Waals surface area contributed by atoms with E-state index in [4.69, 9.17) is 15.5 Å². The van der Waals surface area contributed by atoms with Gasteiger partial charge in [-0.25, -0.2) is 4.99 Å². The second kappa shape index (κ2) is 11.3. The van der Waals surface area contributed by atoms with Crippen LogP contribution in [0.4, 0.5) is 0 Å². The summed E-state index contributed by atoms with van der Waals surface area (Å²) in [4.78, 5) is 21.0. The van der Waals surface area contributed by atoms with E-state index in [-0.39, 0.29) is 11.8 Å². The van der Waals surface area contributed by atoms with Crippen LogP contribution >= 0.6 is 0 Å². The van der Waals surface area contributed by atoms with Crippen LogP contribution in [0.1, 0.15) is 37.3 Å². The Kier molecular flexibility index (Phi) is 8.51. The molecule has 2 fully saturated rings. The average Bonchev–Trinajstić information content (AvgIpc) is 3.24. The molecule has 1 aromatic rings. The Morgan fingerprint density at radius 1 is 1.37 bits per heavy atom. The molecular weight excluding hydrogens is 378 g/mol. The summed E-state index contributed by atoms with van der Waals surface area (Å²) in [5.41, 5.74) is 7.97. The molecule has 0 aliphatic carbocycles. The van der Waals surface area contributed by atoms with E-state index in [0.717, 1.165) is 71.2 Å². The molecule has 3 N–H and O–H groups in total. The van der Waals surface area contributed by atoms with Gasteiger partial charge in [0, 0.05) is 45.8 Å². The number of rotatable bonds is 8. The standard InChI is InChI=1S/C23H37N5O2/c1-3-25-23(27(2)14-20-9-11-30-17-20)26-13-18-6-4-7-19(12-18)15-28-10-5-8-21(16-28)22(24)29/h4,6-7,12,20-21H,3,5,8-11,13-17H2,1-2H3,(H2,24,29)(H,25,26). The third-order valence-corrected chi connectivity index (χ3v) is 5.97. The number of hydrogen-bond donors (Lipinski definition) is 2. The van der Waals surface area contributed by atoms with Gasteiger partial charge in [-0.3, -0.25) is 9.69 Å². The number of ether oxygens (including phenoxy) is 1. The maximum Gasteiger partial charge on any atom is 0.221 e. The van der Waals surface area contributed by atoms with Crippen LogP contribution in [0.15, 0.2) is 29.3 Å². The zero-order valence-electron chi connectivity index (χ0n) is 18.5. The molecule has 30 heavy (non-hydrogen) atoms. The molecule has 2 atom stereocenters. The Balaban J connectivity index is 1.59. The van der Waals surface area contributed by atoms with Crippen LogP contribution < -0.4 is 11.1 Å². The summed E-state index contributed by atoms with van der Waals surface area (Å²) in [5, 5.41) is 3.41. The summed E-state index contributed by atoms with van der Waals surface area (Å²) in [6, 6.07) is 8.61. The van der Waals surface area contributed by atoms with E-state index in [2.05, 4.69) is 53.4 Å². The molecule has 2 heterocycles. The number of likely N-dealkylation sites (tertiary alicyclic amines) is 1. The molecule has 3 rings (SSSR count). The molecule has 0 aromatic heterocycles. The van der Waals surface area contributed by atoms with Gasteiger partial charge in [0.25, 0.3) is 0 Å². The summed E-state index contributed by atoms with van der Waals surface area (Å²) in [7, 11) is 2.10. The number of hydrogen-bond acceptors (Lipinski definition) is 4. The molecule has 2 saturated heterocycles. The summed E-state index contributed by atoms with van der Waals surface area (Å²) in [6.07, 6.45) is 3.06. The van der Waals surface area contributed by atoms with Gasteiger partial charge in [-0.2, -0.15) is 0 Å².